The molecule has 0 aromatic rings. The molecule has 1 saturated carbocycles. The lowest BCUT2D eigenvalue weighted by Gasteiger charge is -2.47. The Balaban J connectivity index is 2.00. The van der Waals surface area contributed by atoms with Crippen molar-refractivity contribution in [1.82, 2.24) is 9.80 Å². The van der Waals surface area contributed by atoms with Crippen molar-refractivity contribution < 1.29 is 0 Å². The Kier molecular flexibility index (Phi) is 4.68. The number of hydrogen-bond donors (Lipinski definition) is 1. The molecule has 0 bridgehead atoms. The summed E-state index contributed by atoms with van der Waals surface area (Å²) in [5, 5.41) is 0. The Labute approximate surface area is 113 Å². The van der Waals surface area contributed by atoms with Gasteiger partial charge in [0.25, 0.3) is 0 Å². The standard InChI is InChI=1S/C15H31N3/c1-11-8-12(2)15(14(16)9-11)18(4)13-6-5-7-17(3)10-13/h11-15H,5-10,16H2,1-4H3. The second-order valence-electron chi connectivity index (χ2n) is 6.93. The summed E-state index contributed by atoms with van der Waals surface area (Å²) in [5.41, 5.74) is 6.45. The van der Waals surface area contributed by atoms with Gasteiger partial charge >= 0.3 is 0 Å². The Bertz CT molecular complexity index is 256. The Morgan fingerprint density at radius 3 is 2.56 bits per heavy atom. The van der Waals surface area contributed by atoms with Crippen molar-refractivity contribution in [3.05, 3.63) is 0 Å². The zero-order chi connectivity index (χ0) is 13.3. The summed E-state index contributed by atoms with van der Waals surface area (Å²) in [6.45, 7) is 7.21. The highest BCUT2D eigenvalue weighted by molar-refractivity contribution is 4.94. The van der Waals surface area contributed by atoms with Crippen molar-refractivity contribution in [2.45, 2.75) is 57.7 Å². The SMILES string of the molecule is CC1CC(C)C(N(C)C2CCCN(C)C2)C(N)C1. The average Bonchev–Trinajstić information content (AvgIpc) is 2.27. The molecule has 106 valence electrons. The van der Waals surface area contributed by atoms with E-state index in [9.17, 15) is 0 Å². The fourth-order valence-corrected chi connectivity index (χ4v) is 4.31. The molecule has 0 radical (unpaired) electrons. The lowest BCUT2D eigenvalue weighted by Crippen LogP contribution is -2.58. The topological polar surface area (TPSA) is 32.5 Å². The van der Waals surface area contributed by atoms with E-state index in [0.29, 0.717) is 18.1 Å². The summed E-state index contributed by atoms with van der Waals surface area (Å²) in [5.74, 6) is 1.54. The van der Waals surface area contributed by atoms with E-state index in [0.717, 1.165) is 11.8 Å². The molecule has 0 spiro atoms. The minimum Gasteiger partial charge on any atom is -0.326 e. The second kappa shape index (κ2) is 5.89. The third kappa shape index (κ3) is 3.06. The molecule has 18 heavy (non-hydrogen) atoms. The van der Waals surface area contributed by atoms with E-state index in [-0.39, 0.29) is 0 Å². The molecule has 1 saturated heterocycles. The average molecular weight is 253 g/mol. The van der Waals surface area contributed by atoms with Crippen LogP contribution >= 0.6 is 0 Å². The van der Waals surface area contributed by atoms with Crippen LogP contribution in [0.25, 0.3) is 0 Å². The summed E-state index contributed by atoms with van der Waals surface area (Å²) in [6.07, 6.45) is 5.21. The van der Waals surface area contributed by atoms with Crippen molar-refractivity contribution >= 4 is 0 Å². The highest BCUT2D eigenvalue weighted by Gasteiger charge is 2.37. The summed E-state index contributed by atoms with van der Waals surface area (Å²) >= 11 is 0. The lowest BCUT2D eigenvalue weighted by atomic mass is 9.75. The third-order valence-corrected chi connectivity index (χ3v) is 5.12. The van der Waals surface area contributed by atoms with Crippen LogP contribution in [0, 0.1) is 11.8 Å². The van der Waals surface area contributed by atoms with Gasteiger partial charge in [0.05, 0.1) is 0 Å². The molecule has 2 aliphatic rings. The second-order valence-corrected chi connectivity index (χ2v) is 6.93. The predicted molar refractivity (Wildman–Crippen MR) is 77.6 cm³/mol. The first-order valence-corrected chi connectivity index (χ1v) is 7.65. The van der Waals surface area contributed by atoms with E-state index in [1.165, 1.54) is 38.8 Å². The normalized spacial score (nSPS) is 43.3. The first kappa shape index (κ1) is 14.3. The predicted octanol–water partition coefficient (Wildman–Crippen LogP) is 1.77. The molecule has 5 unspecified atom stereocenters. The molecule has 0 aromatic carbocycles. The van der Waals surface area contributed by atoms with Crippen molar-refractivity contribution in [2.24, 2.45) is 17.6 Å². The van der Waals surface area contributed by atoms with E-state index in [1.807, 2.05) is 0 Å². The van der Waals surface area contributed by atoms with Crippen LogP contribution in [0.5, 0.6) is 0 Å². The number of nitrogens with zero attached hydrogens (tertiary/aromatic N) is 2. The molecule has 1 aliphatic carbocycles. The first-order valence-electron chi connectivity index (χ1n) is 7.65. The highest BCUT2D eigenvalue weighted by Crippen LogP contribution is 2.32. The fraction of sp³-hybridized carbons (Fsp3) is 1.00. The van der Waals surface area contributed by atoms with Crippen molar-refractivity contribution in [1.29, 1.82) is 0 Å². The molecular weight excluding hydrogens is 222 g/mol. The van der Waals surface area contributed by atoms with Gasteiger partial charge in [-0.15, -0.1) is 0 Å². The largest absolute Gasteiger partial charge is 0.326 e. The molecule has 1 heterocycles. The van der Waals surface area contributed by atoms with E-state index in [1.54, 1.807) is 0 Å². The van der Waals surface area contributed by atoms with E-state index in [2.05, 4.69) is 37.7 Å². The van der Waals surface area contributed by atoms with Crippen LogP contribution in [0.3, 0.4) is 0 Å². The first-order chi connectivity index (χ1) is 8.49. The molecule has 0 amide bonds. The van der Waals surface area contributed by atoms with Crippen LogP contribution in [0.2, 0.25) is 0 Å². The monoisotopic (exact) mass is 253 g/mol. The molecule has 5 atom stereocenters. The Hall–Kier alpha value is -0.120. The molecule has 3 nitrogen and oxygen atoms in total. The zero-order valence-corrected chi connectivity index (χ0v) is 12.6. The van der Waals surface area contributed by atoms with Gasteiger partial charge in [-0.25, -0.2) is 0 Å². The van der Waals surface area contributed by atoms with Crippen molar-refractivity contribution in [3.8, 4) is 0 Å². The van der Waals surface area contributed by atoms with Gasteiger partial charge in [0.2, 0.25) is 0 Å². The van der Waals surface area contributed by atoms with Crippen LogP contribution in [-0.2, 0) is 0 Å². The van der Waals surface area contributed by atoms with Crippen LogP contribution in [0.4, 0.5) is 0 Å². The quantitative estimate of drug-likeness (QED) is 0.814. The molecule has 2 N–H and O–H groups in total. The highest BCUT2D eigenvalue weighted by atomic mass is 15.2. The molecular formula is C15H31N3. The van der Waals surface area contributed by atoms with Gasteiger partial charge in [-0.05, 0) is 58.2 Å². The summed E-state index contributed by atoms with van der Waals surface area (Å²) in [6, 6.07) is 1.65. The smallest absolute Gasteiger partial charge is 0.0273 e. The Morgan fingerprint density at radius 2 is 1.94 bits per heavy atom. The minimum atomic E-state index is 0.362. The van der Waals surface area contributed by atoms with Crippen molar-refractivity contribution in [3.63, 3.8) is 0 Å². The number of likely N-dealkylation sites (N-methyl/N-ethyl adjacent to an activating group) is 2. The number of nitrogens with two attached hydrogens (primary N) is 1. The van der Waals surface area contributed by atoms with Crippen LogP contribution < -0.4 is 5.73 Å². The molecule has 0 aromatic heterocycles. The summed E-state index contributed by atoms with van der Waals surface area (Å²) in [4.78, 5) is 5.07. The Morgan fingerprint density at radius 1 is 1.22 bits per heavy atom. The van der Waals surface area contributed by atoms with Gasteiger partial charge in [0.15, 0.2) is 0 Å². The minimum absolute atomic E-state index is 0.362. The van der Waals surface area contributed by atoms with E-state index < -0.39 is 0 Å². The van der Waals surface area contributed by atoms with Gasteiger partial charge in [-0.2, -0.15) is 0 Å². The summed E-state index contributed by atoms with van der Waals surface area (Å²) in [7, 11) is 4.55. The molecule has 2 rings (SSSR count). The molecule has 3 heteroatoms. The third-order valence-electron chi connectivity index (χ3n) is 5.12. The van der Waals surface area contributed by atoms with Crippen LogP contribution in [-0.4, -0.2) is 55.1 Å². The number of hydrogen-bond acceptors (Lipinski definition) is 3. The maximum Gasteiger partial charge on any atom is 0.0273 e. The maximum atomic E-state index is 6.45. The molecule has 2 fully saturated rings. The van der Waals surface area contributed by atoms with E-state index >= 15 is 0 Å². The van der Waals surface area contributed by atoms with Gasteiger partial charge < -0.3 is 10.6 Å². The van der Waals surface area contributed by atoms with Gasteiger partial charge in [0.1, 0.15) is 0 Å². The number of likely N-dealkylation sites (tertiary alicyclic amines) is 1. The van der Waals surface area contributed by atoms with Gasteiger partial charge in [-0.1, -0.05) is 13.8 Å². The van der Waals surface area contributed by atoms with Gasteiger partial charge in [0, 0.05) is 24.7 Å². The maximum absolute atomic E-state index is 6.45. The van der Waals surface area contributed by atoms with Gasteiger partial charge in [-0.3, -0.25) is 4.90 Å². The number of rotatable bonds is 2. The van der Waals surface area contributed by atoms with Crippen LogP contribution in [0.1, 0.15) is 39.5 Å². The van der Waals surface area contributed by atoms with Crippen LogP contribution in [0.15, 0.2) is 0 Å². The summed E-state index contributed by atoms with van der Waals surface area (Å²) < 4.78 is 0. The molecule has 1 aliphatic heterocycles. The zero-order valence-electron chi connectivity index (χ0n) is 12.6. The number of piperidine rings is 1. The lowest BCUT2D eigenvalue weighted by molar-refractivity contribution is 0.0347. The fourth-order valence-electron chi connectivity index (χ4n) is 4.31. The van der Waals surface area contributed by atoms with Crippen molar-refractivity contribution in [2.75, 3.05) is 27.2 Å². The van der Waals surface area contributed by atoms with E-state index in [4.69, 9.17) is 5.73 Å².